The molecule has 0 fully saturated rings. The van der Waals surface area contributed by atoms with Crippen molar-refractivity contribution in [1.82, 2.24) is 0 Å². The van der Waals surface area contributed by atoms with Crippen molar-refractivity contribution >= 4 is 9.05 Å². The molecule has 4 nitrogen and oxygen atoms in total. The molecule has 0 rings (SSSR count). The van der Waals surface area contributed by atoms with E-state index in [0.29, 0.717) is 19.8 Å². The van der Waals surface area contributed by atoms with E-state index < -0.39 is 9.05 Å². The third-order valence-corrected chi connectivity index (χ3v) is 15.2. The molecule has 366 valence electrons. The molecule has 0 aliphatic heterocycles. The van der Waals surface area contributed by atoms with Crippen LogP contribution >= 0.6 is 0 Å². The molecule has 0 saturated heterocycles. The van der Waals surface area contributed by atoms with Crippen LogP contribution < -0.4 is 0 Å². The number of hydrogen-bond acceptors (Lipinski definition) is 4. The Hall–Kier alpha value is -0.363. The molecular weight excluding hydrogens is 765 g/mol. The standard InChI is InChI=1S/C56H114O4Si/c1-5-9-12-15-18-21-24-27-30-33-36-39-42-45-48-51-54-58-61(57-8-4,59-55-52-49-46-43-40-37-34-31-28-25-22-19-16-13-10-6-2)60-56-53-50-47-44-41-38-35-32-29-26-23-20-17-14-11-7-3/h8H,4-7,9-56H2,1-3H3. The van der Waals surface area contributed by atoms with Gasteiger partial charge in [0.05, 0.1) is 6.26 Å². The van der Waals surface area contributed by atoms with Crippen LogP contribution in [0.2, 0.25) is 0 Å². The Kier molecular flexibility index (Phi) is 53.7. The SMILES string of the molecule is C=CO[Si](OCCCCCCCCCCCCCCCCCC)(OCCCCCCCCCCCCCCCCCC)OCCCCCCCCCCCCCCCCCC. The van der Waals surface area contributed by atoms with Gasteiger partial charge in [0.2, 0.25) is 0 Å². The lowest BCUT2D eigenvalue weighted by atomic mass is 10.0. The first-order valence-electron chi connectivity index (χ1n) is 28.4. The summed E-state index contributed by atoms with van der Waals surface area (Å²) in [5.74, 6) is 0. The van der Waals surface area contributed by atoms with Crippen LogP contribution in [0, 0.1) is 0 Å². The minimum Gasteiger partial charge on any atom is -0.487 e. The van der Waals surface area contributed by atoms with Crippen molar-refractivity contribution in [2.24, 2.45) is 0 Å². The second-order valence-corrected chi connectivity index (χ2v) is 21.3. The smallest absolute Gasteiger partial charge is 0.487 e. The molecule has 0 radical (unpaired) electrons. The van der Waals surface area contributed by atoms with E-state index in [4.69, 9.17) is 17.7 Å². The van der Waals surface area contributed by atoms with Crippen LogP contribution in [0.25, 0.3) is 0 Å². The lowest BCUT2D eigenvalue weighted by Crippen LogP contribution is -2.48. The van der Waals surface area contributed by atoms with E-state index in [-0.39, 0.29) is 0 Å². The lowest BCUT2D eigenvalue weighted by Gasteiger charge is -2.27. The molecule has 0 aliphatic carbocycles. The van der Waals surface area contributed by atoms with Crippen LogP contribution in [-0.2, 0) is 17.7 Å². The Morgan fingerprint density at radius 3 is 0.541 bits per heavy atom. The maximum atomic E-state index is 6.45. The van der Waals surface area contributed by atoms with Gasteiger partial charge in [-0.25, -0.2) is 0 Å². The summed E-state index contributed by atoms with van der Waals surface area (Å²) in [5.41, 5.74) is 0. The van der Waals surface area contributed by atoms with E-state index in [1.54, 1.807) is 0 Å². The minimum absolute atomic E-state index is 0.649. The second-order valence-electron chi connectivity index (χ2n) is 19.2. The van der Waals surface area contributed by atoms with Gasteiger partial charge < -0.3 is 17.7 Å². The molecule has 0 aromatic heterocycles. The van der Waals surface area contributed by atoms with E-state index in [1.807, 2.05) is 0 Å². The Morgan fingerprint density at radius 1 is 0.246 bits per heavy atom. The normalized spacial score (nSPS) is 11.9. The Labute approximate surface area is 386 Å². The topological polar surface area (TPSA) is 36.9 Å². The van der Waals surface area contributed by atoms with E-state index >= 15 is 0 Å². The van der Waals surface area contributed by atoms with Crippen LogP contribution in [0.1, 0.15) is 329 Å². The molecule has 0 bridgehead atoms. The summed E-state index contributed by atoms with van der Waals surface area (Å²) in [7, 11) is -3.24. The first kappa shape index (κ1) is 60.6. The number of unbranched alkanes of at least 4 members (excludes halogenated alkanes) is 45. The van der Waals surface area contributed by atoms with E-state index in [9.17, 15) is 0 Å². The number of rotatable bonds is 56. The van der Waals surface area contributed by atoms with Crippen LogP contribution in [-0.4, -0.2) is 28.9 Å². The zero-order valence-electron chi connectivity index (χ0n) is 42.5. The molecule has 61 heavy (non-hydrogen) atoms. The monoisotopic (exact) mass is 879 g/mol. The van der Waals surface area contributed by atoms with Crippen molar-refractivity contribution < 1.29 is 17.7 Å². The first-order chi connectivity index (χ1) is 30.2. The summed E-state index contributed by atoms with van der Waals surface area (Å²) in [4.78, 5) is 0. The van der Waals surface area contributed by atoms with Crippen molar-refractivity contribution in [2.45, 2.75) is 329 Å². The van der Waals surface area contributed by atoms with Gasteiger partial charge in [-0.3, -0.25) is 0 Å². The molecule has 0 aromatic rings. The fourth-order valence-electron chi connectivity index (χ4n) is 8.87. The average molecular weight is 880 g/mol. The molecule has 0 heterocycles. The van der Waals surface area contributed by atoms with E-state index in [1.165, 1.54) is 295 Å². The summed E-state index contributed by atoms with van der Waals surface area (Å²) in [6, 6.07) is 0. The lowest BCUT2D eigenvalue weighted by molar-refractivity contribution is -0.0149. The van der Waals surface area contributed by atoms with Crippen molar-refractivity contribution in [1.29, 1.82) is 0 Å². The molecule has 0 saturated carbocycles. The minimum atomic E-state index is -3.24. The predicted octanol–water partition coefficient (Wildman–Crippen LogP) is 20.4. The molecule has 0 N–H and O–H groups in total. The summed E-state index contributed by atoms with van der Waals surface area (Å²) < 4.78 is 25.4. The summed E-state index contributed by atoms with van der Waals surface area (Å²) >= 11 is 0. The van der Waals surface area contributed by atoms with Gasteiger partial charge in [0.25, 0.3) is 0 Å². The maximum absolute atomic E-state index is 6.45. The third kappa shape index (κ3) is 48.9. The maximum Gasteiger partial charge on any atom is 0.749 e. The summed E-state index contributed by atoms with van der Waals surface area (Å²) in [5, 5.41) is 0. The fraction of sp³-hybridized carbons (Fsp3) is 0.964. The van der Waals surface area contributed by atoms with Gasteiger partial charge in [0, 0.05) is 19.8 Å². The predicted molar refractivity (Wildman–Crippen MR) is 274 cm³/mol. The Balaban J connectivity index is 4.30. The van der Waals surface area contributed by atoms with Gasteiger partial charge in [-0.15, -0.1) is 0 Å². The van der Waals surface area contributed by atoms with Crippen molar-refractivity contribution in [3.8, 4) is 0 Å². The van der Waals surface area contributed by atoms with Gasteiger partial charge in [-0.1, -0.05) is 316 Å². The Morgan fingerprint density at radius 2 is 0.393 bits per heavy atom. The largest absolute Gasteiger partial charge is 0.749 e. The quantitative estimate of drug-likeness (QED) is 0.0346. The summed E-state index contributed by atoms with van der Waals surface area (Å²) in [6.45, 7) is 12.8. The first-order valence-corrected chi connectivity index (χ1v) is 30.1. The van der Waals surface area contributed by atoms with E-state index in [0.717, 1.165) is 19.3 Å². The van der Waals surface area contributed by atoms with Crippen molar-refractivity contribution in [2.75, 3.05) is 19.8 Å². The number of hydrogen-bond donors (Lipinski definition) is 0. The third-order valence-electron chi connectivity index (χ3n) is 13.1. The molecule has 0 aromatic carbocycles. The zero-order valence-corrected chi connectivity index (χ0v) is 43.5. The van der Waals surface area contributed by atoms with Crippen LogP contribution in [0.5, 0.6) is 0 Å². The van der Waals surface area contributed by atoms with Crippen molar-refractivity contribution in [3.05, 3.63) is 12.8 Å². The second kappa shape index (κ2) is 54.0. The van der Waals surface area contributed by atoms with Crippen LogP contribution in [0.15, 0.2) is 12.8 Å². The Bertz CT molecular complexity index is 699. The van der Waals surface area contributed by atoms with Crippen molar-refractivity contribution in [3.63, 3.8) is 0 Å². The molecule has 0 spiro atoms. The summed E-state index contributed by atoms with van der Waals surface area (Å²) in [6.07, 6.45) is 67.3. The fourth-order valence-corrected chi connectivity index (χ4v) is 10.7. The van der Waals surface area contributed by atoms with Crippen LogP contribution in [0.4, 0.5) is 0 Å². The van der Waals surface area contributed by atoms with Crippen LogP contribution in [0.3, 0.4) is 0 Å². The van der Waals surface area contributed by atoms with Gasteiger partial charge in [-0.05, 0) is 19.3 Å². The molecule has 0 atom stereocenters. The average Bonchev–Trinajstić information content (AvgIpc) is 3.27. The highest BCUT2D eigenvalue weighted by atomic mass is 28.4. The zero-order chi connectivity index (χ0) is 44.1. The molecular formula is C56H114O4Si. The van der Waals surface area contributed by atoms with Gasteiger partial charge in [-0.2, -0.15) is 0 Å². The molecule has 0 amide bonds. The molecule has 0 aliphatic rings. The van der Waals surface area contributed by atoms with Gasteiger partial charge >= 0.3 is 9.05 Å². The van der Waals surface area contributed by atoms with Gasteiger partial charge in [0.15, 0.2) is 0 Å². The van der Waals surface area contributed by atoms with Gasteiger partial charge in [0.1, 0.15) is 0 Å². The highest BCUT2D eigenvalue weighted by molar-refractivity contribution is 6.53. The van der Waals surface area contributed by atoms with E-state index in [2.05, 4.69) is 27.4 Å². The highest BCUT2D eigenvalue weighted by Crippen LogP contribution is 2.20. The highest BCUT2D eigenvalue weighted by Gasteiger charge is 2.47. The molecule has 0 unspecified atom stereocenters. The molecule has 5 heteroatoms.